The number of ether oxygens (including phenoxy) is 1. The monoisotopic (exact) mass is 534 g/mol. The summed E-state index contributed by atoms with van der Waals surface area (Å²) >= 11 is 0. The number of hydrogen-bond acceptors (Lipinski definition) is 7. The molecule has 39 heavy (non-hydrogen) atoms. The normalized spacial score (nSPS) is 15.2. The lowest BCUT2D eigenvalue weighted by Gasteiger charge is -2.32. The van der Waals surface area contributed by atoms with E-state index in [4.69, 9.17) is 4.74 Å². The van der Waals surface area contributed by atoms with Gasteiger partial charge in [0.15, 0.2) is 12.1 Å². The Morgan fingerprint density at radius 1 is 1.21 bits per heavy atom. The van der Waals surface area contributed by atoms with Crippen LogP contribution in [0.2, 0.25) is 0 Å². The first-order chi connectivity index (χ1) is 18.9. The highest BCUT2D eigenvalue weighted by molar-refractivity contribution is 6.08. The van der Waals surface area contributed by atoms with E-state index in [9.17, 15) is 14.0 Å². The number of amides is 1. The first-order valence-electron chi connectivity index (χ1n) is 13.0. The summed E-state index contributed by atoms with van der Waals surface area (Å²) < 4.78 is 20.8. The van der Waals surface area contributed by atoms with E-state index in [1.54, 1.807) is 13.1 Å². The number of rotatable bonds is 10. The number of fused-ring (bicyclic) bond motifs is 1. The number of benzene rings is 1. The third-order valence-electron chi connectivity index (χ3n) is 7.26. The van der Waals surface area contributed by atoms with Crippen molar-refractivity contribution in [2.75, 3.05) is 38.7 Å². The van der Waals surface area contributed by atoms with E-state index in [2.05, 4.69) is 30.1 Å². The van der Waals surface area contributed by atoms with Gasteiger partial charge in [-0.1, -0.05) is 18.2 Å². The van der Waals surface area contributed by atoms with Crippen LogP contribution in [0.3, 0.4) is 0 Å². The standard InChI is InChI=1S/C29H35FN6O3/c1-19(31-3)13-26(39-4)22(18-37)14-32-28(38)27-20(2)36(25-8-6-5-7-24(25)27)17-21-9-11-35(12-10-21)29-33-15-23(30)16-34-29/h5-8,13,15-16,18,21,31H,9-12,14,17H2,1-4H3,(H,32,38)/b19-13-,26-22+. The molecule has 4 rings (SSSR count). The highest BCUT2D eigenvalue weighted by Gasteiger charge is 2.25. The fourth-order valence-corrected chi connectivity index (χ4v) is 5.00. The first-order valence-corrected chi connectivity index (χ1v) is 13.0. The van der Waals surface area contributed by atoms with Gasteiger partial charge >= 0.3 is 0 Å². The first kappa shape index (κ1) is 27.8. The summed E-state index contributed by atoms with van der Waals surface area (Å²) in [6.07, 6.45) is 6.68. The molecule has 2 aromatic heterocycles. The molecule has 1 fully saturated rings. The molecule has 3 heterocycles. The minimum absolute atomic E-state index is 0.0435. The number of carbonyl (C=O) groups excluding carboxylic acids is 2. The van der Waals surface area contributed by atoms with Gasteiger partial charge < -0.3 is 24.8 Å². The van der Waals surface area contributed by atoms with Crippen LogP contribution >= 0.6 is 0 Å². The van der Waals surface area contributed by atoms with Gasteiger partial charge in [0.2, 0.25) is 5.95 Å². The molecule has 0 aliphatic carbocycles. The molecule has 1 saturated heterocycles. The Labute approximate surface area is 227 Å². The largest absolute Gasteiger partial charge is 0.496 e. The van der Waals surface area contributed by atoms with E-state index >= 15 is 0 Å². The second-order valence-electron chi connectivity index (χ2n) is 9.69. The van der Waals surface area contributed by atoms with E-state index in [0.717, 1.165) is 54.8 Å². The number of hydrogen-bond donors (Lipinski definition) is 2. The van der Waals surface area contributed by atoms with Gasteiger partial charge in [0, 0.05) is 49.0 Å². The zero-order valence-corrected chi connectivity index (χ0v) is 22.8. The van der Waals surface area contributed by atoms with Crippen LogP contribution in [0.25, 0.3) is 10.9 Å². The fourth-order valence-electron chi connectivity index (χ4n) is 5.00. The average molecular weight is 535 g/mol. The lowest BCUT2D eigenvalue weighted by atomic mass is 9.96. The van der Waals surface area contributed by atoms with Crippen LogP contribution in [0.15, 0.2) is 59.8 Å². The van der Waals surface area contributed by atoms with Gasteiger partial charge in [-0.05, 0) is 44.7 Å². The number of allylic oxidation sites excluding steroid dienone is 2. The predicted octanol–water partition coefficient (Wildman–Crippen LogP) is 3.75. The second kappa shape index (κ2) is 12.6. The van der Waals surface area contributed by atoms with Crippen LogP contribution in [0, 0.1) is 18.7 Å². The average Bonchev–Trinajstić information content (AvgIpc) is 3.24. The minimum Gasteiger partial charge on any atom is -0.496 e. The van der Waals surface area contributed by atoms with Crippen LogP contribution in [0.1, 0.15) is 35.8 Å². The Balaban J connectivity index is 1.51. The molecule has 0 spiro atoms. The van der Waals surface area contributed by atoms with Gasteiger partial charge in [-0.3, -0.25) is 9.59 Å². The van der Waals surface area contributed by atoms with Gasteiger partial charge in [0.1, 0.15) is 5.76 Å². The summed E-state index contributed by atoms with van der Waals surface area (Å²) in [6, 6.07) is 7.89. The van der Waals surface area contributed by atoms with E-state index in [-0.39, 0.29) is 12.5 Å². The number of piperidine rings is 1. The van der Waals surface area contributed by atoms with Crippen molar-refractivity contribution in [3.63, 3.8) is 0 Å². The molecule has 2 N–H and O–H groups in total. The molecule has 0 atom stereocenters. The minimum atomic E-state index is -0.443. The van der Waals surface area contributed by atoms with Crippen molar-refractivity contribution in [2.45, 2.75) is 33.2 Å². The molecule has 1 aliphatic rings. The summed E-state index contributed by atoms with van der Waals surface area (Å²) in [5.74, 6) is 0.668. The Morgan fingerprint density at radius 3 is 2.54 bits per heavy atom. The Kier molecular flexibility index (Phi) is 8.96. The summed E-state index contributed by atoms with van der Waals surface area (Å²) in [6.45, 7) is 6.21. The molecule has 1 aliphatic heterocycles. The van der Waals surface area contributed by atoms with E-state index < -0.39 is 5.82 Å². The van der Waals surface area contributed by atoms with E-state index in [1.807, 2.05) is 38.1 Å². The van der Waals surface area contributed by atoms with Crippen LogP contribution in [0.4, 0.5) is 10.3 Å². The third kappa shape index (κ3) is 6.27. The molecule has 0 unspecified atom stereocenters. The van der Waals surface area contributed by atoms with Gasteiger partial charge in [-0.25, -0.2) is 14.4 Å². The number of halogens is 1. The van der Waals surface area contributed by atoms with E-state index in [0.29, 0.717) is 35.0 Å². The molecule has 10 heteroatoms. The maximum Gasteiger partial charge on any atom is 0.254 e. The van der Waals surface area contributed by atoms with Crippen LogP contribution in [0.5, 0.6) is 0 Å². The number of aromatic nitrogens is 3. The molecule has 0 radical (unpaired) electrons. The Morgan fingerprint density at radius 2 is 1.90 bits per heavy atom. The van der Waals surface area contributed by atoms with Crippen LogP contribution in [-0.2, 0) is 16.1 Å². The number of anilines is 1. The smallest absolute Gasteiger partial charge is 0.254 e. The Bertz CT molecular complexity index is 1390. The van der Waals surface area contributed by atoms with Gasteiger partial charge in [-0.15, -0.1) is 0 Å². The molecule has 3 aromatic rings. The molecule has 1 aromatic carbocycles. The summed E-state index contributed by atoms with van der Waals surface area (Å²) in [5.41, 5.74) is 3.66. The molecule has 0 bridgehead atoms. The number of nitrogens with one attached hydrogen (secondary N) is 2. The molecule has 9 nitrogen and oxygen atoms in total. The van der Waals surface area contributed by atoms with Crippen molar-refractivity contribution in [3.8, 4) is 0 Å². The summed E-state index contributed by atoms with van der Waals surface area (Å²) in [4.78, 5) is 35.5. The van der Waals surface area contributed by atoms with Crippen LogP contribution in [-0.4, -0.2) is 60.5 Å². The van der Waals surface area contributed by atoms with Gasteiger partial charge in [-0.2, -0.15) is 0 Å². The molecular weight excluding hydrogens is 499 g/mol. The number of carbonyl (C=O) groups is 2. The number of methoxy groups -OCH3 is 1. The molecule has 0 saturated carbocycles. The third-order valence-corrected chi connectivity index (χ3v) is 7.26. The maximum absolute atomic E-state index is 13.4. The van der Waals surface area contributed by atoms with Crippen molar-refractivity contribution < 1.29 is 18.7 Å². The van der Waals surface area contributed by atoms with Gasteiger partial charge in [0.25, 0.3) is 5.91 Å². The zero-order valence-electron chi connectivity index (χ0n) is 22.8. The quantitative estimate of drug-likeness (QED) is 0.177. The van der Waals surface area contributed by atoms with Crippen molar-refractivity contribution in [3.05, 3.63) is 76.8 Å². The number of para-hydroxylation sites is 1. The topological polar surface area (TPSA) is 101 Å². The highest BCUT2D eigenvalue weighted by Crippen LogP contribution is 2.29. The predicted molar refractivity (Wildman–Crippen MR) is 149 cm³/mol. The van der Waals surface area contributed by atoms with E-state index in [1.165, 1.54) is 19.5 Å². The lowest BCUT2D eigenvalue weighted by Crippen LogP contribution is -2.36. The van der Waals surface area contributed by atoms with Crippen LogP contribution < -0.4 is 15.5 Å². The van der Waals surface area contributed by atoms with Crippen molar-refractivity contribution >= 4 is 29.0 Å². The van der Waals surface area contributed by atoms with Crippen molar-refractivity contribution in [1.82, 2.24) is 25.2 Å². The van der Waals surface area contributed by atoms with Crippen molar-refractivity contribution in [2.24, 2.45) is 5.92 Å². The Hall–Kier alpha value is -4.21. The molecule has 206 valence electrons. The van der Waals surface area contributed by atoms with Crippen molar-refractivity contribution in [1.29, 1.82) is 0 Å². The van der Waals surface area contributed by atoms with Gasteiger partial charge in [0.05, 0.1) is 37.2 Å². The summed E-state index contributed by atoms with van der Waals surface area (Å²) in [5, 5.41) is 6.78. The highest BCUT2D eigenvalue weighted by atomic mass is 19.1. The SMILES string of the molecule is CN/C(C)=C\C(OC)=C(/C=O)CNC(=O)c1c(C)n(CC2CCN(c3ncc(F)cn3)CC2)c2ccccc12. The molecule has 1 amide bonds. The maximum atomic E-state index is 13.4. The lowest BCUT2D eigenvalue weighted by molar-refractivity contribution is -0.105. The number of aldehydes is 1. The second-order valence-corrected chi connectivity index (χ2v) is 9.69. The fraction of sp³-hybridized carbons (Fsp3) is 0.379. The molecular formula is C29H35FN6O3. The number of nitrogens with zero attached hydrogens (tertiary/aromatic N) is 4. The zero-order chi connectivity index (χ0) is 27.9. The summed E-state index contributed by atoms with van der Waals surface area (Å²) in [7, 11) is 3.28.